The van der Waals surface area contributed by atoms with E-state index in [-0.39, 0.29) is 12.4 Å². The Balaban J connectivity index is 0.00000324. The zero-order valence-corrected chi connectivity index (χ0v) is 13.1. The molecular weight excluding hydrogens is 260 g/mol. The molecule has 0 spiro atoms. The molecule has 0 aliphatic heterocycles. The number of hydrogen-bond acceptors (Lipinski definition) is 2. The molecule has 1 unspecified atom stereocenters. The van der Waals surface area contributed by atoms with Crippen LogP contribution in [0, 0.1) is 0 Å². The molecule has 3 nitrogen and oxygen atoms in total. The summed E-state index contributed by atoms with van der Waals surface area (Å²) < 4.78 is 5.70. The van der Waals surface area contributed by atoms with Gasteiger partial charge >= 0.3 is 0 Å². The van der Waals surface area contributed by atoms with Crippen LogP contribution in [-0.2, 0) is 0 Å². The topological polar surface area (TPSA) is 16.9 Å². The first-order chi connectivity index (χ1) is 8.76. The molecule has 0 aliphatic carbocycles. The number of nitrogens with zero attached hydrogens (tertiary/aromatic N) is 1. The van der Waals surface area contributed by atoms with Crippen molar-refractivity contribution in [1.82, 2.24) is 4.90 Å². The van der Waals surface area contributed by atoms with Crippen molar-refractivity contribution in [3.63, 3.8) is 0 Å². The summed E-state index contributed by atoms with van der Waals surface area (Å²) in [6.45, 7) is 10.9. The molecule has 0 aromatic heterocycles. The van der Waals surface area contributed by atoms with Gasteiger partial charge in [-0.2, -0.15) is 0 Å². The first-order valence-electron chi connectivity index (χ1n) is 6.97. The van der Waals surface area contributed by atoms with Crippen LogP contribution in [-0.4, -0.2) is 51.3 Å². The number of benzene rings is 1. The van der Waals surface area contributed by atoms with Crippen LogP contribution in [0.5, 0.6) is 5.75 Å². The predicted molar refractivity (Wildman–Crippen MR) is 76.3 cm³/mol. The van der Waals surface area contributed by atoms with Gasteiger partial charge in [-0.3, -0.25) is 4.90 Å². The Kier molecular flexibility index (Phi) is 10.6. The van der Waals surface area contributed by atoms with Crippen molar-refractivity contribution in [3.05, 3.63) is 30.3 Å². The van der Waals surface area contributed by atoms with E-state index in [1.807, 2.05) is 30.3 Å². The fraction of sp³-hybridized carbons (Fsp3) is 0.600. The molecule has 19 heavy (non-hydrogen) atoms. The second-order valence-electron chi connectivity index (χ2n) is 4.65. The van der Waals surface area contributed by atoms with E-state index in [0.717, 1.165) is 32.0 Å². The van der Waals surface area contributed by atoms with Crippen molar-refractivity contribution in [1.29, 1.82) is 0 Å². The van der Waals surface area contributed by atoms with Crippen molar-refractivity contribution in [2.24, 2.45) is 0 Å². The number of halogens is 1. The minimum Gasteiger partial charge on any atom is -1.00 e. The van der Waals surface area contributed by atoms with E-state index in [4.69, 9.17) is 4.74 Å². The molecule has 1 aromatic rings. The van der Waals surface area contributed by atoms with Gasteiger partial charge in [-0.05, 0) is 25.2 Å². The smallest absolute Gasteiger partial charge is 0.137 e. The lowest BCUT2D eigenvalue weighted by atomic mass is 10.3. The molecule has 0 fully saturated rings. The summed E-state index contributed by atoms with van der Waals surface area (Å²) in [6.07, 6.45) is 0. The molecule has 0 saturated carbocycles. The Morgan fingerprint density at radius 2 is 1.68 bits per heavy atom. The molecule has 0 saturated heterocycles. The van der Waals surface area contributed by atoms with Crippen molar-refractivity contribution >= 4 is 0 Å². The second-order valence-corrected chi connectivity index (χ2v) is 4.65. The van der Waals surface area contributed by atoms with Crippen LogP contribution in [0.1, 0.15) is 13.8 Å². The van der Waals surface area contributed by atoms with E-state index >= 15 is 0 Å². The third-order valence-electron chi connectivity index (χ3n) is 3.29. The van der Waals surface area contributed by atoms with Gasteiger partial charge in [0.25, 0.3) is 0 Å². The number of para-hydroxylation sites is 1. The number of likely N-dealkylation sites (N-methyl/N-ethyl adjacent to an activating group) is 2. The largest absolute Gasteiger partial charge is 1.00 e. The number of rotatable bonds is 9. The highest BCUT2D eigenvalue weighted by atomic mass is 35.5. The number of ether oxygens (including phenoxy) is 1. The lowest BCUT2D eigenvalue weighted by molar-refractivity contribution is -0.879. The first kappa shape index (κ1) is 18.2. The van der Waals surface area contributed by atoms with Crippen molar-refractivity contribution in [2.75, 3.05) is 46.4 Å². The molecule has 0 radical (unpaired) electrons. The van der Waals surface area contributed by atoms with Crippen LogP contribution in [0.15, 0.2) is 30.3 Å². The molecule has 0 heterocycles. The van der Waals surface area contributed by atoms with Crippen LogP contribution in [0.2, 0.25) is 0 Å². The molecule has 1 rings (SSSR count). The van der Waals surface area contributed by atoms with Gasteiger partial charge in [0.2, 0.25) is 0 Å². The number of nitrogens with one attached hydrogen (secondary N) is 1. The summed E-state index contributed by atoms with van der Waals surface area (Å²) in [7, 11) is 2.23. The first-order valence-corrected chi connectivity index (χ1v) is 6.97. The van der Waals surface area contributed by atoms with Gasteiger partial charge in [0.1, 0.15) is 18.9 Å². The quantitative estimate of drug-likeness (QED) is 0.562. The molecule has 110 valence electrons. The Morgan fingerprint density at radius 3 is 2.26 bits per heavy atom. The molecule has 1 aromatic carbocycles. The Bertz CT molecular complexity index is 304. The van der Waals surface area contributed by atoms with Crippen molar-refractivity contribution in [3.8, 4) is 5.75 Å². The molecule has 0 amide bonds. The standard InChI is InChI=1S/C15H26N2O.ClH/c1-4-17(5-2)12-11-16(3)13-14-18-15-9-7-6-8-10-15;/h6-10H,4-5,11-14H2,1-3H3;1H. The van der Waals surface area contributed by atoms with E-state index in [9.17, 15) is 0 Å². The van der Waals surface area contributed by atoms with Crippen molar-refractivity contribution < 1.29 is 22.0 Å². The predicted octanol–water partition coefficient (Wildman–Crippen LogP) is -2.07. The molecule has 0 aliphatic rings. The molecular formula is C15H27ClN2O. The van der Waals surface area contributed by atoms with Gasteiger partial charge in [-0.1, -0.05) is 32.0 Å². The minimum absolute atomic E-state index is 0. The summed E-state index contributed by atoms with van der Waals surface area (Å²) in [4.78, 5) is 3.99. The summed E-state index contributed by atoms with van der Waals surface area (Å²) in [5, 5.41) is 0. The maximum atomic E-state index is 5.70. The van der Waals surface area contributed by atoms with Crippen LogP contribution < -0.4 is 22.0 Å². The Labute approximate surface area is 124 Å². The highest BCUT2D eigenvalue weighted by molar-refractivity contribution is 5.20. The highest BCUT2D eigenvalue weighted by Gasteiger charge is 2.05. The Morgan fingerprint density at radius 1 is 1.05 bits per heavy atom. The summed E-state index contributed by atoms with van der Waals surface area (Å²) in [6, 6.07) is 10.0. The zero-order chi connectivity index (χ0) is 13.2. The van der Waals surface area contributed by atoms with Gasteiger partial charge in [-0.15, -0.1) is 0 Å². The highest BCUT2D eigenvalue weighted by Crippen LogP contribution is 2.06. The van der Waals surface area contributed by atoms with Crippen LogP contribution in [0.4, 0.5) is 0 Å². The maximum absolute atomic E-state index is 5.70. The fourth-order valence-corrected chi connectivity index (χ4v) is 1.87. The van der Waals surface area contributed by atoms with E-state index in [0.29, 0.717) is 0 Å². The van der Waals surface area contributed by atoms with E-state index < -0.39 is 0 Å². The van der Waals surface area contributed by atoms with Gasteiger partial charge in [0.15, 0.2) is 0 Å². The third-order valence-corrected chi connectivity index (χ3v) is 3.29. The summed E-state index contributed by atoms with van der Waals surface area (Å²) in [5.41, 5.74) is 0. The Hall–Kier alpha value is -0.770. The lowest BCUT2D eigenvalue weighted by Gasteiger charge is -2.21. The lowest BCUT2D eigenvalue weighted by Crippen LogP contribution is -3.10. The van der Waals surface area contributed by atoms with E-state index in [2.05, 4.69) is 25.8 Å². The summed E-state index contributed by atoms with van der Waals surface area (Å²) in [5.74, 6) is 0.967. The average Bonchev–Trinajstić information content (AvgIpc) is 2.41. The van der Waals surface area contributed by atoms with Gasteiger partial charge < -0.3 is 22.0 Å². The third kappa shape index (κ3) is 8.09. The molecule has 0 bridgehead atoms. The summed E-state index contributed by atoms with van der Waals surface area (Å²) >= 11 is 0. The maximum Gasteiger partial charge on any atom is 0.137 e. The van der Waals surface area contributed by atoms with Crippen LogP contribution in [0.25, 0.3) is 0 Å². The van der Waals surface area contributed by atoms with Crippen LogP contribution >= 0.6 is 0 Å². The molecule has 4 heteroatoms. The zero-order valence-electron chi connectivity index (χ0n) is 12.4. The van der Waals surface area contributed by atoms with Gasteiger partial charge in [-0.25, -0.2) is 0 Å². The molecule has 1 N–H and O–H groups in total. The van der Waals surface area contributed by atoms with E-state index in [1.165, 1.54) is 18.0 Å². The normalized spacial score (nSPS) is 12.0. The average molecular weight is 287 g/mol. The van der Waals surface area contributed by atoms with Gasteiger partial charge in [0.05, 0.1) is 13.6 Å². The number of hydrogen-bond donors (Lipinski definition) is 1. The minimum atomic E-state index is 0. The fourth-order valence-electron chi connectivity index (χ4n) is 1.87. The molecule has 1 atom stereocenters. The number of quaternary nitrogens is 1. The second kappa shape index (κ2) is 11.1. The monoisotopic (exact) mass is 286 g/mol. The van der Waals surface area contributed by atoms with Crippen molar-refractivity contribution in [2.45, 2.75) is 13.8 Å². The van der Waals surface area contributed by atoms with Gasteiger partial charge in [0, 0.05) is 6.54 Å². The SMILES string of the molecule is CCN(CC)CC[NH+](C)CCOc1ccccc1.[Cl-]. The van der Waals surface area contributed by atoms with E-state index in [1.54, 1.807) is 0 Å². The van der Waals surface area contributed by atoms with Crippen LogP contribution in [0.3, 0.4) is 0 Å².